The Labute approximate surface area is 232 Å². The van der Waals surface area contributed by atoms with Crippen LogP contribution in [0.2, 0.25) is 0 Å². The lowest BCUT2D eigenvalue weighted by molar-refractivity contribution is -0.142. The van der Waals surface area contributed by atoms with E-state index in [0.29, 0.717) is 40.3 Å². The summed E-state index contributed by atoms with van der Waals surface area (Å²) < 4.78 is 26.4. The van der Waals surface area contributed by atoms with E-state index in [0.717, 1.165) is 0 Å². The Morgan fingerprint density at radius 1 is 1.05 bits per heavy atom. The first-order valence-electron chi connectivity index (χ1n) is 13.0. The van der Waals surface area contributed by atoms with E-state index < -0.39 is 17.4 Å². The van der Waals surface area contributed by atoms with Gasteiger partial charge in [0.1, 0.15) is 23.9 Å². The number of hydrogen-bond donors (Lipinski definition) is 1. The molecule has 0 saturated heterocycles. The van der Waals surface area contributed by atoms with Gasteiger partial charge in [-0.25, -0.2) is 9.07 Å². The molecule has 210 valence electrons. The lowest BCUT2D eigenvalue weighted by atomic mass is 10.00. The van der Waals surface area contributed by atoms with Crippen LogP contribution < -0.4 is 14.8 Å². The van der Waals surface area contributed by atoms with Crippen LogP contribution in [0.25, 0.3) is 11.0 Å². The average molecular weight is 548 g/mol. The second-order valence-corrected chi connectivity index (χ2v) is 10.4. The number of nitrogens with one attached hydrogen (secondary N) is 1. The Kier molecular flexibility index (Phi) is 8.67. The van der Waals surface area contributed by atoms with E-state index in [1.165, 1.54) is 28.8 Å². The number of aromatic nitrogens is 3. The van der Waals surface area contributed by atoms with E-state index in [1.54, 1.807) is 30.3 Å². The summed E-state index contributed by atoms with van der Waals surface area (Å²) in [7, 11) is 1.52. The molecule has 0 fully saturated rings. The number of amides is 2. The number of hydrogen-bond acceptors (Lipinski definition) is 6. The van der Waals surface area contributed by atoms with E-state index in [2.05, 4.69) is 15.6 Å². The Morgan fingerprint density at radius 2 is 1.77 bits per heavy atom. The van der Waals surface area contributed by atoms with Gasteiger partial charge in [0.2, 0.25) is 11.8 Å². The minimum atomic E-state index is -1.05. The molecule has 9 nitrogen and oxygen atoms in total. The maximum Gasteiger partial charge on any atom is 0.247 e. The van der Waals surface area contributed by atoms with Crippen LogP contribution >= 0.6 is 0 Å². The highest BCUT2D eigenvalue weighted by Crippen LogP contribution is 2.34. The average Bonchev–Trinajstić information content (AvgIpc) is 3.32. The number of halogens is 1. The first kappa shape index (κ1) is 28.5. The van der Waals surface area contributed by atoms with E-state index >= 15 is 0 Å². The summed E-state index contributed by atoms with van der Waals surface area (Å²) >= 11 is 0. The van der Waals surface area contributed by atoms with E-state index in [1.807, 2.05) is 52.0 Å². The second-order valence-electron chi connectivity index (χ2n) is 10.4. The number of para-hydroxylation sites is 1. The fourth-order valence-electron chi connectivity index (χ4n) is 4.40. The maximum absolute atomic E-state index is 14.1. The summed E-state index contributed by atoms with van der Waals surface area (Å²) in [4.78, 5) is 29.4. The topological polar surface area (TPSA) is 98.6 Å². The highest BCUT2D eigenvalue weighted by molar-refractivity contribution is 5.89. The molecule has 0 radical (unpaired) electrons. The highest BCUT2D eigenvalue weighted by Gasteiger charge is 2.34. The van der Waals surface area contributed by atoms with Crippen molar-refractivity contribution in [1.29, 1.82) is 0 Å². The number of ether oxygens (including phenoxy) is 2. The number of fused-ring (bicyclic) bond motifs is 1. The van der Waals surface area contributed by atoms with E-state index in [9.17, 15) is 14.0 Å². The van der Waals surface area contributed by atoms with Gasteiger partial charge in [0, 0.05) is 12.1 Å². The van der Waals surface area contributed by atoms with Crippen LogP contribution in [0, 0.1) is 5.82 Å². The van der Waals surface area contributed by atoms with Crippen molar-refractivity contribution in [3.05, 3.63) is 83.7 Å². The molecule has 4 aromatic rings. The maximum atomic E-state index is 14.1. The number of benzene rings is 3. The van der Waals surface area contributed by atoms with Crippen molar-refractivity contribution in [3.63, 3.8) is 0 Å². The SMILES string of the molecule is CCOc1ccc(C(C(=O)NC(C)(C)C)N(Cc2ccc(F)cc2)C(=O)Cn2nnc3ccccc32)cc1OC. The monoisotopic (exact) mass is 547 g/mol. The summed E-state index contributed by atoms with van der Waals surface area (Å²) in [6.07, 6.45) is 0. The van der Waals surface area contributed by atoms with Crippen LogP contribution in [0.3, 0.4) is 0 Å². The number of nitrogens with zero attached hydrogens (tertiary/aromatic N) is 4. The summed E-state index contributed by atoms with van der Waals surface area (Å²) in [5.74, 6) is -0.188. The van der Waals surface area contributed by atoms with Crippen LogP contribution in [-0.2, 0) is 22.7 Å². The molecule has 1 unspecified atom stereocenters. The third kappa shape index (κ3) is 6.74. The molecular formula is C30H34FN5O4. The fourth-order valence-corrected chi connectivity index (χ4v) is 4.40. The molecule has 4 rings (SSSR count). The van der Waals surface area contributed by atoms with Gasteiger partial charge in [0.25, 0.3) is 0 Å². The van der Waals surface area contributed by atoms with Crippen LogP contribution in [0.1, 0.15) is 44.9 Å². The standard InChI is InChI=1S/C30H34FN5O4/c1-6-40-25-16-13-21(17-26(25)39-5)28(29(38)32-30(2,3)4)35(18-20-11-14-22(31)15-12-20)27(37)19-36-24-10-8-7-9-23(24)33-34-36/h7-17,28H,6,18-19H2,1-5H3,(H,32,38). The molecule has 0 aliphatic rings. The predicted octanol–water partition coefficient (Wildman–Crippen LogP) is 4.66. The summed E-state index contributed by atoms with van der Waals surface area (Å²) in [5, 5.41) is 11.3. The molecule has 0 aliphatic carbocycles. The van der Waals surface area contributed by atoms with Gasteiger partial charge in [-0.1, -0.05) is 35.5 Å². The van der Waals surface area contributed by atoms with Gasteiger partial charge >= 0.3 is 0 Å². The van der Waals surface area contributed by atoms with Crippen molar-refractivity contribution >= 4 is 22.8 Å². The molecule has 10 heteroatoms. The quantitative estimate of drug-likeness (QED) is 0.310. The molecule has 3 aromatic carbocycles. The molecule has 1 heterocycles. The van der Waals surface area contributed by atoms with Gasteiger partial charge in [-0.3, -0.25) is 9.59 Å². The van der Waals surface area contributed by atoms with Crippen molar-refractivity contribution < 1.29 is 23.5 Å². The Bertz CT molecular complexity index is 1480. The third-order valence-electron chi connectivity index (χ3n) is 6.15. The van der Waals surface area contributed by atoms with Gasteiger partial charge < -0.3 is 19.7 Å². The third-order valence-corrected chi connectivity index (χ3v) is 6.15. The second kappa shape index (κ2) is 12.1. The Hall–Kier alpha value is -4.47. The van der Waals surface area contributed by atoms with E-state index in [-0.39, 0.29) is 24.9 Å². The van der Waals surface area contributed by atoms with Crippen molar-refractivity contribution in [2.45, 2.75) is 52.4 Å². The van der Waals surface area contributed by atoms with E-state index in [4.69, 9.17) is 9.47 Å². The number of carbonyl (C=O) groups is 2. The zero-order valence-electron chi connectivity index (χ0n) is 23.3. The molecule has 1 aromatic heterocycles. The lowest BCUT2D eigenvalue weighted by Crippen LogP contribution is -2.49. The highest BCUT2D eigenvalue weighted by atomic mass is 19.1. The number of carbonyl (C=O) groups excluding carboxylic acids is 2. The number of methoxy groups -OCH3 is 1. The predicted molar refractivity (Wildman–Crippen MR) is 149 cm³/mol. The molecule has 0 spiro atoms. The first-order valence-corrected chi connectivity index (χ1v) is 13.0. The molecule has 40 heavy (non-hydrogen) atoms. The summed E-state index contributed by atoms with van der Waals surface area (Å²) in [6.45, 7) is 7.80. The lowest BCUT2D eigenvalue weighted by Gasteiger charge is -2.34. The minimum absolute atomic E-state index is 0.0451. The van der Waals surface area contributed by atoms with Gasteiger partial charge in [0.05, 0.1) is 19.2 Å². The number of rotatable bonds is 10. The summed E-state index contributed by atoms with van der Waals surface area (Å²) in [5.41, 5.74) is 1.96. The molecule has 0 aliphatic heterocycles. The molecule has 0 bridgehead atoms. The first-order chi connectivity index (χ1) is 19.1. The zero-order chi connectivity index (χ0) is 28.9. The van der Waals surface area contributed by atoms with Crippen LogP contribution in [-0.4, -0.2) is 51.0 Å². The van der Waals surface area contributed by atoms with Crippen LogP contribution in [0.15, 0.2) is 66.7 Å². The van der Waals surface area contributed by atoms with Gasteiger partial charge in [-0.15, -0.1) is 5.10 Å². The van der Waals surface area contributed by atoms with Gasteiger partial charge in [-0.05, 0) is 75.2 Å². The van der Waals surface area contributed by atoms with Crippen LogP contribution in [0.4, 0.5) is 4.39 Å². The van der Waals surface area contributed by atoms with Crippen molar-refractivity contribution in [2.24, 2.45) is 0 Å². The molecular weight excluding hydrogens is 513 g/mol. The normalized spacial score (nSPS) is 12.2. The fraction of sp³-hybridized carbons (Fsp3) is 0.333. The Balaban J connectivity index is 1.81. The van der Waals surface area contributed by atoms with Gasteiger partial charge in [-0.2, -0.15) is 0 Å². The Morgan fingerprint density at radius 3 is 2.45 bits per heavy atom. The van der Waals surface area contributed by atoms with Gasteiger partial charge in [0.15, 0.2) is 11.5 Å². The zero-order valence-corrected chi connectivity index (χ0v) is 23.3. The molecule has 1 atom stereocenters. The smallest absolute Gasteiger partial charge is 0.247 e. The molecule has 1 N–H and O–H groups in total. The minimum Gasteiger partial charge on any atom is -0.493 e. The largest absolute Gasteiger partial charge is 0.493 e. The van der Waals surface area contributed by atoms with Crippen LogP contribution in [0.5, 0.6) is 11.5 Å². The molecule has 2 amide bonds. The van der Waals surface area contributed by atoms with Crippen molar-refractivity contribution in [2.75, 3.05) is 13.7 Å². The summed E-state index contributed by atoms with van der Waals surface area (Å²) in [6, 6.07) is 17.3. The van der Waals surface area contributed by atoms with Crippen molar-refractivity contribution in [1.82, 2.24) is 25.2 Å². The van der Waals surface area contributed by atoms with Crippen molar-refractivity contribution in [3.8, 4) is 11.5 Å². The molecule has 0 saturated carbocycles.